The van der Waals surface area contributed by atoms with E-state index in [1.807, 2.05) is 6.20 Å². The number of hydrogen-bond donors (Lipinski definition) is 1. The highest BCUT2D eigenvalue weighted by atomic mass is 15.2. The topological polar surface area (TPSA) is 28.2 Å². The molecule has 1 aromatic rings. The first kappa shape index (κ1) is 11.2. The fourth-order valence-corrected chi connectivity index (χ4v) is 1.99. The molecule has 0 saturated heterocycles. The average molecular weight is 219 g/mol. The van der Waals surface area contributed by atoms with Crippen molar-refractivity contribution in [3.63, 3.8) is 0 Å². The van der Waals surface area contributed by atoms with E-state index in [-0.39, 0.29) is 0 Å². The van der Waals surface area contributed by atoms with Crippen molar-refractivity contribution < 1.29 is 0 Å². The molecule has 1 aliphatic carbocycles. The predicted octanol–water partition coefficient (Wildman–Crippen LogP) is 2.89. The summed E-state index contributed by atoms with van der Waals surface area (Å²) < 4.78 is 0. The first-order valence-corrected chi connectivity index (χ1v) is 6.31. The number of nitrogens with one attached hydrogen (secondary N) is 1. The summed E-state index contributed by atoms with van der Waals surface area (Å²) in [6, 6.07) is 4.92. The van der Waals surface area contributed by atoms with Gasteiger partial charge in [-0.05, 0) is 45.2 Å². The summed E-state index contributed by atoms with van der Waals surface area (Å²) in [5.41, 5.74) is 1.15. The Bertz CT molecular complexity index is 312. The standard InChI is InChI=1S/C13H21N3/c1-3-16(4-2)13-9-8-12(10-14-13)15-11-6-5-7-11/h8-11,15H,3-7H2,1-2H3. The van der Waals surface area contributed by atoms with Crippen LogP contribution >= 0.6 is 0 Å². The quantitative estimate of drug-likeness (QED) is 0.825. The number of pyridine rings is 1. The Morgan fingerprint density at radius 3 is 2.50 bits per heavy atom. The zero-order valence-electron chi connectivity index (χ0n) is 10.2. The van der Waals surface area contributed by atoms with E-state index in [4.69, 9.17) is 0 Å². The molecule has 0 spiro atoms. The minimum absolute atomic E-state index is 0.682. The Morgan fingerprint density at radius 2 is 2.06 bits per heavy atom. The van der Waals surface area contributed by atoms with Crippen molar-refractivity contribution in [3.8, 4) is 0 Å². The molecular weight excluding hydrogens is 198 g/mol. The van der Waals surface area contributed by atoms with Crippen LogP contribution in [0.4, 0.5) is 11.5 Å². The van der Waals surface area contributed by atoms with E-state index in [9.17, 15) is 0 Å². The van der Waals surface area contributed by atoms with Gasteiger partial charge in [0.1, 0.15) is 5.82 Å². The fourth-order valence-electron chi connectivity index (χ4n) is 1.99. The summed E-state index contributed by atoms with van der Waals surface area (Å²) in [7, 11) is 0. The van der Waals surface area contributed by atoms with E-state index in [2.05, 4.69) is 41.2 Å². The lowest BCUT2D eigenvalue weighted by Gasteiger charge is -2.27. The maximum atomic E-state index is 4.50. The number of aromatic nitrogens is 1. The van der Waals surface area contributed by atoms with E-state index in [1.54, 1.807) is 0 Å². The molecule has 0 amide bonds. The molecule has 0 unspecified atom stereocenters. The van der Waals surface area contributed by atoms with Crippen molar-refractivity contribution in [2.45, 2.75) is 39.2 Å². The van der Waals surface area contributed by atoms with Gasteiger partial charge in [-0.2, -0.15) is 0 Å². The van der Waals surface area contributed by atoms with Crippen molar-refractivity contribution in [2.75, 3.05) is 23.3 Å². The molecule has 3 heteroatoms. The van der Waals surface area contributed by atoms with Crippen molar-refractivity contribution >= 4 is 11.5 Å². The second-order valence-corrected chi connectivity index (χ2v) is 4.35. The third-order valence-corrected chi connectivity index (χ3v) is 3.31. The molecule has 3 nitrogen and oxygen atoms in total. The molecule has 1 fully saturated rings. The van der Waals surface area contributed by atoms with Crippen LogP contribution in [0, 0.1) is 0 Å². The number of anilines is 2. The van der Waals surface area contributed by atoms with Crippen LogP contribution in [0.5, 0.6) is 0 Å². The van der Waals surface area contributed by atoms with Crippen molar-refractivity contribution in [1.82, 2.24) is 4.98 Å². The minimum atomic E-state index is 0.682. The maximum absolute atomic E-state index is 4.50. The zero-order valence-corrected chi connectivity index (χ0v) is 10.2. The maximum Gasteiger partial charge on any atom is 0.128 e. The van der Waals surface area contributed by atoms with Crippen LogP contribution in [0.1, 0.15) is 33.1 Å². The molecular formula is C13H21N3. The molecule has 0 atom stereocenters. The second kappa shape index (κ2) is 5.19. The van der Waals surface area contributed by atoms with Crippen molar-refractivity contribution in [2.24, 2.45) is 0 Å². The van der Waals surface area contributed by atoms with E-state index in [0.717, 1.165) is 24.6 Å². The predicted molar refractivity (Wildman–Crippen MR) is 69.1 cm³/mol. The summed E-state index contributed by atoms with van der Waals surface area (Å²) in [6.45, 7) is 6.34. The molecule has 1 aliphatic rings. The van der Waals surface area contributed by atoms with Gasteiger partial charge in [0.05, 0.1) is 11.9 Å². The van der Waals surface area contributed by atoms with Gasteiger partial charge < -0.3 is 10.2 Å². The lowest BCUT2D eigenvalue weighted by Crippen LogP contribution is -2.27. The first-order chi connectivity index (χ1) is 7.83. The first-order valence-electron chi connectivity index (χ1n) is 6.31. The Labute approximate surface area is 97.9 Å². The van der Waals surface area contributed by atoms with Gasteiger partial charge in [0.2, 0.25) is 0 Å². The van der Waals surface area contributed by atoms with Crippen LogP contribution in [-0.2, 0) is 0 Å². The SMILES string of the molecule is CCN(CC)c1ccc(NC2CCC2)cn1. The second-order valence-electron chi connectivity index (χ2n) is 4.35. The van der Waals surface area contributed by atoms with E-state index in [1.165, 1.54) is 19.3 Å². The molecule has 16 heavy (non-hydrogen) atoms. The number of hydrogen-bond acceptors (Lipinski definition) is 3. The largest absolute Gasteiger partial charge is 0.381 e. The van der Waals surface area contributed by atoms with Gasteiger partial charge >= 0.3 is 0 Å². The van der Waals surface area contributed by atoms with Gasteiger partial charge in [0.25, 0.3) is 0 Å². The smallest absolute Gasteiger partial charge is 0.128 e. The van der Waals surface area contributed by atoms with Gasteiger partial charge in [0, 0.05) is 19.1 Å². The molecule has 0 aliphatic heterocycles. The summed E-state index contributed by atoms with van der Waals surface area (Å²) >= 11 is 0. The number of rotatable bonds is 5. The van der Waals surface area contributed by atoms with E-state index >= 15 is 0 Å². The molecule has 0 aromatic carbocycles. The summed E-state index contributed by atoms with van der Waals surface area (Å²) in [5, 5.41) is 3.50. The number of nitrogens with zero attached hydrogens (tertiary/aromatic N) is 2. The van der Waals surface area contributed by atoms with Crippen LogP contribution < -0.4 is 10.2 Å². The van der Waals surface area contributed by atoms with Crippen LogP contribution in [-0.4, -0.2) is 24.1 Å². The van der Waals surface area contributed by atoms with Crippen molar-refractivity contribution in [3.05, 3.63) is 18.3 Å². The van der Waals surface area contributed by atoms with E-state index < -0.39 is 0 Å². The monoisotopic (exact) mass is 219 g/mol. The van der Waals surface area contributed by atoms with Crippen LogP contribution in [0.3, 0.4) is 0 Å². The van der Waals surface area contributed by atoms with Gasteiger partial charge in [-0.1, -0.05) is 0 Å². The highest BCUT2D eigenvalue weighted by Gasteiger charge is 2.16. The molecule has 0 radical (unpaired) electrons. The molecule has 1 heterocycles. The molecule has 1 N–H and O–H groups in total. The molecule has 1 aromatic heterocycles. The third kappa shape index (κ3) is 2.46. The van der Waals surface area contributed by atoms with Gasteiger partial charge in [-0.3, -0.25) is 0 Å². The third-order valence-electron chi connectivity index (χ3n) is 3.31. The lowest BCUT2D eigenvalue weighted by atomic mass is 9.93. The summed E-state index contributed by atoms with van der Waals surface area (Å²) in [4.78, 5) is 6.75. The minimum Gasteiger partial charge on any atom is -0.381 e. The normalized spacial score (nSPS) is 15.6. The van der Waals surface area contributed by atoms with Gasteiger partial charge in [-0.15, -0.1) is 0 Å². The van der Waals surface area contributed by atoms with Gasteiger partial charge in [0.15, 0.2) is 0 Å². The fraction of sp³-hybridized carbons (Fsp3) is 0.615. The Morgan fingerprint density at radius 1 is 1.31 bits per heavy atom. The lowest BCUT2D eigenvalue weighted by molar-refractivity contribution is 0.445. The molecule has 0 bridgehead atoms. The molecule has 1 saturated carbocycles. The highest BCUT2D eigenvalue weighted by molar-refractivity contribution is 5.49. The average Bonchev–Trinajstić information content (AvgIpc) is 2.27. The summed E-state index contributed by atoms with van der Waals surface area (Å²) in [5.74, 6) is 1.07. The van der Waals surface area contributed by atoms with Crippen LogP contribution in [0.25, 0.3) is 0 Å². The zero-order chi connectivity index (χ0) is 11.4. The van der Waals surface area contributed by atoms with Crippen LogP contribution in [0.15, 0.2) is 18.3 Å². The highest BCUT2D eigenvalue weighted by Crippen LogP contribution is 2.23. The van der Waals surface area contributed by atoms with Crippen molar-refractivity contribution in [1.29, 1.82) is 0 Å². The Kier molecular flexibility index (Phi) is 3.65. The van der Waals surface area contributed by atoms with E-state index in [0.29, 0.717) is 6.04 Å². The Hall–Kier alpha value is -1.25. The molecule has 2 rings (SSSR count). The van der Waals surface area contributed by atoms with Crippen LogP contribution in [0.2, 0.25) is 0 Å². The Balaban J connectivity index is 1.97. The van der Waals surface area contributed by atoms with Gasteiger partial charge in [-0.25, -0.2) is 4.98 Å². The molecule has 88 valence electrons. The summed E-state index contributed by atoms with van der Waals surface area (Å²) in [6.07, 6.45) is 5.92.